The summed E-state index contributed by atoms with van der Waals surface area (Å²) in [6, 6.07) is 0. The first-order chi connectivity index (χ1) is 9.78. The average molecular weight is 296 g/mol. The van der Waals surface area contributed by atoms with E-state index < -0.39 is 28.0 Å². The average Bonchev–Trinajstić information content (AvgIpc) is 2.94. The van der Waals surface area contributed by atoms with E-state index in [9.17, 15) is 24.8 Å². The van der Waals surface area contributed by atoms with Gasteiger partial charge in [-0.2, -0.15) is 5.10 Å². The predicted octanol–water partition coefficient (Wildman–Crippen LogP) is 0.764. The summed E-state index contributed by atoms with van der Waals surface area (Å²) in [5.74, 6) is -1.90. The molecule has 0 saturated heterocycles. The fourth-order valence-corrected chi connectivity index (χ4v) is 2.77. The van der Waals surface area contributed by atoms with Crippen LogP contribution in [0.5, 0.6) is 0 Å². The second-order valence-corrected chi connectivity index (χ2v) is 5.21. The van der Waals surface area contributed by atoms with Crippen molar-refractivity contribution >= 4 is 17.6 Å². The maximum atomic E-state index is 12.3. The molecule has 1 saturated carbocycles. The highest BCUT2D eigenvalue weighted by atomic mass is 16.6. The van der Waals surface area contributed by atoms with Gasteiger partial charge in [0.25, 0.3) is 5.91 Å². The molecule has 0 atom stereocenters. The third-order valence-electron chi connectivity index (χ3n) is 3.81. The summed E-state index contributed by atoms with van der Waals surface area (Å²) >= 11 is 0. The van der Waals surface area contributed by atoms with Gasteiger partial charge in [0.2, 0.25) is 5.69 Å². The van der Waals surface area contributed by atoms with Crippen molar-refractivity contribution in [2.45, 2.75) is 38.1 Å². The molecule has 9 heteroatoms. The van der Waals surface area contributed by atoms with Gasteiger partial charge >= 0.3 is 11.7 Å². The van der Waals surface area contributed by atoms with E-state index >= 15 is 0 Å². The highest BCUT2D eigenvalue weighted by Crippen LogP contribution is 2.31. The van der Waals surface area contributed by atoms with Gasteiger partial charge in [0.05, 0.1) is 4.92 Å². The standard InChI is InChI=1S/C12H16N4O5/c1-7-8(16(20)21)9(15(2)14-7)10(17)13-12(11(18)19)5-3-4-6-12/h3-6H2,1-2H3,(H,13,17)(H,18,19). The Morgan fingerprint density at radius 2 is 2.00 bits per heavy atom. The van der Waals surface area contributed by atoms with E-state index in [0.29, 0.717) is 25.7 Å². The minimum absolute atomic E-state index is 0.114. The van der Waals surface area contributed by atoms with Crippen LogP contribution in [0.3, 0.4) is 0 Å². The zero-order chi connectivity index (χ0) is 15.8. The Balaban J connectivity index is 2.37. The first-order valence-corrected chi connectivity index (χ1v) is 6.52. The molecule has 0 unspecified atom stereocenters. The van der Waals surface area contributed by atoms with Crippen LogP contribution < -0.4 is 5.32 Å². The number of nitrogens with one attached hydrogen (secondary N) is 1. The molecule has 9 nitrogen and oxygen atoms in total. The number of hydrogen-bond acceptors (Lipinski definition) is 5. The van der Waals surface area contributed by atoms with Gasteiger partial charge in [-0.05, 0) is 19.8 Å². The Labute approximate surface area is 120 Å². The smallest absolute Gasteiger partial charge is 0.329 e. The Hall–Kier alpha value is -2.45. The zero-order valence-electron chi connectivity index (χ0n) is 11.8. The molecule has 0 radical (unpaired) electrons. The minimum Gasteiger partial charge on any atom is -0.480 e. The molecule has 0 aliphatic heterocycles. The molecule has 1 aromatic heterocycles. The molecule has 1 fully saturated rings. The van der Waals surface area contributed by atoms with Gasteiger partial charge in [-0.25, -0.2) is 4.79 Å². The number of aromatic nitrogens is 2. The number of nitrogens with zero attached hydrogens (tertiary/aromatic N) is 3. The lowest BCUT2D eigenvalue weighted by molar-refractivity contribution is -0.385. The summed E-state index contributed by atoms with van der Waals surface area (Å²) in [6.45, 7) is 1.43. The number of amides is 1. The van der Waals surface area contributed by atoms with Crippen molar-refractivity contribution in [3.05, 3.63) is 21.5 Å². The van der Waals surface area contributed by atoms with Crippen LogP contribution in [0.1, 0.15) is 41.9 Å². The number of carboxylic acids is 1. The Kier molecular flexibility index (Phi) is 3.67. The van der Waals surface area contributed by atoms with Gasteiger partial charge in [0.15, 0.2) is 0 Å². The van der Waals surface area contributed by atoms with Gasteiger partial charge in [0.1, 0.15) is 11.2 Å². The summed E-state index contributed by atoms with van der Waals surface area (Å²) in [5.41, 5.74) is -1.86. The molecule has 0 spiro atoms. The molecule has 1 aliphatic carbocycles. The zero-order valence-corrected chi connectivity index (χ0v) is 11.8. The van der Waals surface area contributed by atoms with Gasteiger partial charge in [0, 0.05) is 7.05 Å². The van der Waals surface area contributed by atoms with Gasteiger partial charge in [-0.15, -0.1) is 0 Å². The molecule has 1 amide bonds. The highest BCUT2D eigenvalue weighted by Gasteiger charge is 2.44. The normalized spacial score (nSPS) is 16.7. The number of nitro groups is 1. The van der Waals surface area contributed by atoms with Crippen molar-refractivity contribution in [3.8, 4) is 0 Å². The third-order valence-corrected chi connectivity index (χ3v) is 3.81. The van der Waals surface area contributed by atoms with Crippen LogP contribution in [0.2, 0.25) is 0 Å². The molecule has 1 aromatic rings. The molecule has 0 aromatic carbocycles. The molecule has 1 heterocycles. The Bertz CT molecular complexity index is 615. The fraction of sp³-hybridized carbons (Fsp3) is 0.583. The number of aryl methyl sites for hydroxylation is 2. The van der Waals surface area contributed by atoms with Crippen molar-refractivity contribution in [1.82, 2.24) is 15.1 Å². The van der Waals surface area contributed by atoms with Crippen LogP contribution in [0, 0.1) is 17.0 Å². The van der Waals surface area contributed by atoms with E-state index in [2.05, 4.69) is 10.4 Å². The Morgan fingerprint density at radius 3 is 2.48 bits per heavy atom. The van der Waals surface area contributed by atoms with Crippen molar-refractivity contribution in [3.63, 3.8) is 0 Å². The predicted molar refractivity (Wildman–Crippen MR) is 70.9 cm³/mol. The summed E-state index contributed by atoms with van der Waals surface area (Å²) < 4.78 is 1.10. The molecule has 1 aliphatic rings. The molecule has 0 bridgehead atoms. The Morgan fingerprint density at radius 1 is 1.43 bits per heavy atom. The van der Waals surface area contributed by atoms with E-state index in [-0.39, 0.29) is 11.4 Å². The molecule has 21 heavy (non-hydrogen) atoms. The lowest BCUT2D eigenvalue weighted by atomic mass is 9.97. The summed E-state index contributed by atoms with van der Waals surface area (Å²) in [4.78, 5) is 34.1. The number of rotatable bonds is 4. The number of carbonyl (C=O) groups excluding carboxylic acids is 1. The van der Waals surface area contributed by atoms with Crippen LogP contribution in [0.25, 0.3) is 0 Å². The van der Waals surface area contributed by atoms with E-state index in [4.69, 9.17) is 0 Å². The molecular formula is C12H16N4O5. The first-order valence-electron chi connectivity index (χ1n) is 6.52. The largest absolute Gasteiger partial charge is 0.480 e. The fourth-order valence-electron chi connectivity index (χ4n) is 2.77. The SMILES string of the molecule is Cc1nn(C)c(C(=O)NC2(C(=O)O)CCCC2)c1[N+](=O)[O-]. The van der Waals surface area contributed by atoms with Crippen LogP contribution in [0.15, 0.2) is 0 Å². The monoisotopic (exact) mass is 296 g/mol. The van der Waals surface area contributed by atoms with Gasteiger partial charge < -0.3 is 10.4 Å². The van der Waals surface area contributed by atoms with E-state index in [1.54, 1.807) is 0 Å². The summed E-state index contributed by atoms with van der Waals surface area (Å²) in [6.07, 6.45) is 2.02. The lowest BCUT2D eigenvalue weighted by Gasteiger charge is -2.25. The molecule has 114 valence electrons. The third kappa shape index (κ3) is 2.46. The second-order valence-electron chi connectivity index (χ2n) is 5.21. The van der Waals surface area contributed by atoms with E-state index in [1.165, 1.54) is 14.0 Å². The number of aliphatic carboxylic acids is 1. The second kappa shape index (κ2) is 5.15. The lowest BCUT2D eigenvalue weighted by Crippen LogP contribution is -2.52. The van der Waals surface area contributed by atoms with Crippen molar-refractivity contribution in [2.75, 3.05) is 0 Å². The van der Waals surface area contributed by atoms with Crippen LogP contribution in [-0.2, 0) is 11.8 Å². The molecular weight excluding hydrogens is 280 g/mol. The van der Waals surface area contributed by atoms with Crippen LogP contribution in [0.4, 0.5) is 5.69 Å². The topological polar surface area (TPSA) is 127 Å². The summed E-state index contributed by atoms with van der Waals surface area (Å²) in [5, 5.41) is 26.7. The van der Waals surface area contributed by atoms with Gasteiger partial charge in [-0.1, -0.05) is 12.8 Å². The van der Waals surface area contributed by atoms with E-state index in [1.807, 2.05) is 0 Å². The van der Waals surface area contributed by atoms with Crippen molar-refractivity contribution < 1.29 is 19.6 Å². The number of hydrogen-bond donors (Lipinski definition) is 2. The maximum Gasteiger partial charge on any atom is 0.329 e. The summed E-state index contributed by atoms with van der Waals surface area (Å²) in [7, 11) is 1.41. The van der Waals surface area contributed by atoms with Crippen molar-refractivity contribution in [2.24, 2.45) is 7.05 Å². The van der Waals surface area contributed by atoms with Crippen molar-refractivity contribution in [1.29, 1.82) is 0 Å². The minimum atomic E-state index is -1.34. The van der Waals surface area contributed by atoms with E-state index in [0.717, 1.165) is 4.68 Å². The van der Waals surface area contributed by atoms with Crippen LogP contribution in [-0.4, -0.2) is 37.2 Å². The maximum absolute atomic E-state index is 12.3. The quantitative estimate of drug-likeness (QED) is 0.623. The van der Waals surface area contributed by atoms with Crippen LogP contribution >= 0.6 is 0 Å². The van der Waals surface area contributed by atoms with Gasteiger partial charge in [-0.3, -0.25) is 19.6 Å². The number of carbonyl (C=O) groups is 2. The molecule has 2 rings (SSSR count). The molecule has 2 N–H and O–H groups in total. The first kappa shape index (κ1) is 14.9. The highest BCUT2D eigenvalue weighted by molar-refractivity contribution is 6.00. The number of carboxylic acid groups (broad SMARTS) is 1.